The highest BCUT2D eigenvalue weighted by Gasteiger charge is 2.52. The topological polar surface area (TPSA) is 184 Å². The third kappa shape index (κ3) is 6.16. The van der Waals surface area contributed by atoms with Crippen LogP contribution in [0.15, 0.2) is 0 Å². The maximum Gasteiger partial charge on any atom is 0.397 e. The van der Waals surface area contributed by atoms with Gasteiger partial charge in [0, 0.05) is 7.11 Å². The highest BCUT2D eigenvalue weighted by Crippen LogP contribution is 2.31. The van der Waals surface area contributed by atoms with Crippen LogP contribution in [-0.2, 0) is 48.6 Å². The van der Waals surface area contributed by atoms with Crippen molar-refractivity contribution in [1.82, 2.24) is 0 Å². The van der Waals surface area contributed by atoms with Gasteiger partial charge in [0.15, 0.2) is 18.5 Å². The Morgan fingerprint density at radius 2 is 1.52 bits per heavy atom. The van der Waals surface area contributed by atoms with E-state index < -0.39 is 51.5 Å². The largest absolute Gasteiger partial charge is 0.397 e. The van der Waals surface area contributed by atoms with Crippen LogP contribution in [0.25, 0.3) is 0 Å². The third-order valence-corrected chi connectivity index (χ3v) is 3.78. The molecule has 0 aromatic rings. The van der Waals surface area contributed by atoms with Gasteiger partial charge in [-0.25, -0.2) is 13.6 Å². The highest BCUT2D eigenvalue weighted by atomic mass is 32.3. The lowest BCUT2D eigenvalue weighted by molar-refractivity contribution is -0.524. The van der Waals surface area contributed by atoms with Gasteiger partial charge in [-0.15, -0.1) is 0 Å². The molecular weight excluding hydrogens is 368 g/mol. The molecule has 0 aromatic heterocycles. The number of hydrogen-bond donors (Lipinski definition) is 3. The second-order valence-electron chi connectivity index (χ2n) is 4.30. The first-order valence-electron chi connectivity index (χ1n) is 5.99. The number of ether oxygens (including phenoxy) is 2. The van der Waals surface area contributed by atoms with Crippen LogP contribution in [0.1, 0.15) is 13.3 Å². The molecule has 3 N–H and O–H groups in total. The Hall–Kier alpha value is -0.460. The maximum atomic E-state index is 11.0. The van der Waals surface area contributed by atoms with Gasteiger partial charge in [0.2, 0.25) is 0 Å². The van der Waals surface area contributed by atoms with Crippen LogP contribution >= 0.6 is 0 Å². The van der Waals surface area contributed by atoms with Crippen LogP contribution in [0.4, 0.5) is 0 Å². The SMILES string of the molecule is CCC1O[C@H](OC)C(OS(=O)(=O)O)[C@H](OS(=O)(=O)O)[C@@H]1OOO. The summed E-state index contributed by atoms with van der Waals surface area (Å²) in [5.41, 5.74) is 0. The minimum absolute atomic E-state index is 0.151. The second kappa shape index (κ2) is 8.08. The summed E-state index contributed by atoms with van der Waals surface area (Å²) in [6.07, 6.45) is -7.78. The Bertz CT molecular complexity index is 571. The van der Waals surface area contributed by atoms with Gasteiger partial charge < -0.3 is 9.47 Å². The van der Waals surface area contributed by atoms with E-state index in [1.54, 1.807) is 6.92 Å². The van der Waals surface area contributed by atoms with Crippen molar-refractivity contribution >= 4 is 20.8 Å². The van der Waals surface area contributed by atoms with E-state index in [9.17, 15) is 16.8 Å². The molecule has 23 heavy (non-hydrogen) atoms. The normalized spacial score (nSPS) is 32.8. The van der Waals surface area contributed by atoms with Gasteiger partial charge in [-0.1, -0.05) is 12.0 Å². The van der Waals surface area contributed by atoms with E-state index in [1.807, 2.05) is 0 Å². The zero-order chi connectivity index (χ0) is 17.8. The maximum absolute atomic E-state index is 11.0. The molecule has 0 radical (unpaired) electrons. The summed E-state index contributed by atoms with van der Waals surface area (Å²) in [5, 5.41) is 11.9. The average molecular weight is 384 g/mol. The van der Waals surface area contributed by atoms with Crippen LogP contribution in [0.2, 0.25) is 0 Å². The van der Waals surface area contributed by atoms with Crippen LogP contribution in [0.3, 0.4) is 0 Å². The number of hydrogen-bond acceptors (Lipinski definition) is 11. The summed E-state index contributed by atoms with van der Waals surface area (Å²) in [4.78, 5) is 4.40. The molecule has 0 aromatic carbocycles. The first-order chi connectivity index (χ1) is 10.5. The van der Waals surface area contributed by atoms with Crippen LogP contribution in [-0.4, -0.2) is 69.0 Å². The molecule has 1 fully saturated rings. The summed E-state index contributed by atoms with van der Waals surface area (Å²) >= 11 is 0. The molecule has 1 aliphatic heterocycles. The minimum atomic E-state index is -5.11. The van der Waals surface area contributed by atoms with E-state index in [-0.39, 0.29) is 6.42 Å². The quantitative estimate of drug-likeness (QED) is 0.261. The monoisotopic (exact) mass is 384 g/mol. The fourth-order valence-electron chi connectivity index (χ4n) is 2.06. The molecule has 15 heteroatoms. The lowest BCUT2D eigenvalue weighted by Gasteiger charge is -2.42. The predicted octanol–water partition coefficient (Wildman–Crippen LogP) is -1.07. The first kappa shape index (κ1) is 20.6. The van der Waals surface area contributed by atoms with Gasteiger partial charge in [0.1, 0.15) is 6.10 Å². The molecule has 0 aliphatic carbocycles. The molecule has 1 aliphatic rings. The number of rotatable bonds is 8. The molecule has 0 saturated carbocycles. The lowest BCUT2D eigenvalue weighted by atomic mass is 9.97. The summed E-state index contributed by atoms with van der Waals surface area (Å²) in [5.74, 6) is 0. The second-order valence-corrected chi connectivity index (χ2v) is 6.40. The minimum Gasteiger partial charge on any atom is -0.353 e. The molecule has 0 bridgehead atoms. The van der Waals surface area contributed by atoms with Gasteiger partial charge in [-0.05, 0) is 6.42 Å². The Balaban J connectivity index is 3.26. The van der Waals surface area contributed by atoms with Gasteiger partial charge in [-0.3, -0.25) is 9.11 Å². The van der Waals surface area contributed by atoms with Gasteiger partial charge in [0.25, 0.3) is 0 Å². The van der Waals surface area contributed by atoms with E-state index in [0.717, 1.165) is 7.11 Å². The fraction of sp³-hybridized carbons (Fsp3) is 1.00. The Kier molecular flexibility index (Phi) is 7.23. The molecule has 138 valence electrons. The van der Waals surface area contributed by atoms with Crippen LogP contribution < -0.4 is 0 Å². The summed E-state index contributed by atoms with van der Waals surface area (Å²) in [6, 6.07) is 0. The Morgan fingerprint density at radius 3 is 1.91 bits per heavy atom. The van der Waals surface area contributed by atoms with E-state index in [0.29, 0.717) is 0 Å². The standard InChI is InChI=1S/C8H16O13S2/c1-3-4-5(18-21-9)6(19-22(10,11)12)7(8(16-2)17-4)20-23(13,14)15/h4-9H,3H2,1-2H3,(H,10,11,12)(H,13,14,15)/t4?,5-,6-,7?,8+/m1/s1. The molecule has 1 saturated heterocycles. The molecule has 1 heterocycles. The molecule has 13 nitrogen and oxygen atoms in total. The zero-order valence-electron chi connectivity index (χ0n) is 11.8. The van der Waals surface area contributed by atoms with Crippen LogP contribution in [0.5, 0.6) is 0 Å². The average Bonchev–Trinajstić information content (AvgIpc) is 2.40. The smallest absolute Gasteiger partial charge is 0.353 e. The number of methoxy groups -OCH3 is 1. The molecular formula is C8H16O13S2. The first-order valence-corrected chi connectivity index (χ1v) is 8.72. The van der Waals surface area contributed by atoms with Crippen LogP contribution in [0, 0.1) is 0 Å². The van der Waals surface area contributed by atoms with Gasteiger partial charge >= 0.3 is 20.8 Å². The fourth-order valence-corrected chi connectivity index (χ4v) is 3.04. The van der Waals surface area contributed by atoms with Crippen molar-refractivity contribution in [2.24, 2.45) is 0 Å². The predicted molar refractivity (Wildman–Crippen MR) is 67.4 cm³/mol. The van der Waals surface area contributed by atoms with Crippen molar-refractivity contribution in [2.75, 3.05) is 7.11 Å². The van der Waals surface area contributed by atoms with Crippen molar-refractivity contribution in [3.63, 3.8) is 0 Å². The summed E-state index contributed by atoms with van der Waals surface area (Å²) in [6.45, 7) is 1.57. The van der Waals surface area contributed by atoms with Crippen molar-refractivity contribution in [3.8, 4) is 0 Å². The van der Waals surface area contributed by atoms with E-state index in [4.69, 9.17) is 23.8 Å². The third-order valence-electron chi connectivity index (χ3n) is 2.85. The van der Waals surface area contributed by atoms with Gasteiger partial charge in [-0.2, -0.15) is 21.7 Å². The summed E-state index contributed by atoms with van der Waals surface area (Å²) < 4.78 is 80.1. The van der Waals surface area contributed by atoms with Crippen molar-refractivity contribution < 1.29 is 59.0 Å². The lowest BCUT2D eigenvalue weighted by Crippen LogP contribution is -2.61. The zero-order valence-corrected chi connectivity index (χ0v) is 13.5. The van der Waals surface area contributed by atoms with E-state index in [1.165, 1.54) is 0 Å². The Labute approximate surface area is 131 Å². The van der Waals surface area contributed by atoms with Gasteiger partial charge in [0.05, 0.1) is 6.10 Å². The molecule has 5 atom stereocenters. The van der Waals surface area contributed by atoms with E-state index >= 15 is 0 Å². The highest BCUT2D eigenvalue weighted by molar-refractivity contribution is 7.81. The summed E-state index contributed by atoms with van der Waals surface area (Å²) in [7, 11) is -9.13. The van der Waals surface area contributed by atoms with Crippen molar-refractivity contribution in [3.05, 3.63) is 0 Å². The van der Waals surface area contributed by atoms with Crippen molar-refractivity contribution in [2.45, 2.75) is 44.1 Å². The molecule has 0 spiro atoms. The van der Waals surface area contributed by atoms with E-state index in [2.05, 4.69) is 18.3 Å². The molecule has 1 rings (SSSR count). The molecule has 0 amide bonds. The molecule has 2 unspecified atom stereocenters. The van der Waals surface area contributed by atoms with Crippen molar-refractivity contribution in [1.29, 1.82) is 0 Å². The Morgan fingerprint density at radius 1 is 1.00 bits per heavy atom.